The van der Waals surface area contributed by atoms with E-state index in [0.29, 0.717) is 5.39 Å². The fourth-order valence-electron chi connectivity index (χ4n) is 1.12. The first-order chi connectivity index (χ1) is 6.20. The molecule has 0 spiro atoms. The summed E-state index contributed by atoms with van der Waals surface area (Å²) < 4.78 is 4.63. The van der Waals surface area contributed by atoms with Gasteiger partial charge in [-0.15, -0.1) is 0 Å². The number of nitro benzene ring substituents is 1. The van der Waals surface area contributed by atoms with Crippen LogP contribution < -0.4 is 5.73 Å². The van der Waals surface area contributed by atoms with Gasteiger partial charge in [0.05, 0.1) is 10.3 Å². The predicted octanol–water partition coefficient (Wildman–Crippen LogP) is 1.32. The van der Waals surface area contributed by atoms with Gasteiger partial charge in [-0.05, 0) is 6.07 Å². The summed E-state index contributed by atoms with van der Waals surface area (Å²) in [7, 11) is 0. The summed E-state index contributed by atoms with van der Waals surface area (Å²) in [5, 5.41) is 14.5. The maximum Gasteiger partial charge on any atom is 0.299 e. The van der Waals surface area contributed by atoms with Crippen LogP contribution in [0.25, 0.3) is 10.9 Å². The van der Waals surface area contributed by atoms with Gasteiger partial charge in [0.1, 0.15) is 0 Å². The van der Waals surface area contributed by atoms with Crippen molar-refractivity contribution >= 4 is 22.5 Å². The first-order valence-electron chi connectivity index (χ1n) is 3.48. The zero-order valence-corrected chi connectivity index (χ0v) is 6.43. The second kappa shape index (κ2) is 2.44. The fourth-order valence-corrected chi connectivity index (χ4v) is 1.12. The Bertz CT molecular complexity index is 477. The zero-order chi connectivity index (χ0) is 9.42. The second-order valence-electron chi connectivity index (χ2n) is 2.48. The number of nitrogen functional groups attached to an aromatic ring is 1. The molecule has 0 fully saturated rings. The van der Waals surface area contributed by atoms with Gasteiger partial charge in [0, 0.05) is 6.07 Å². The lowest BCUT2D eigenvalue weighted by Crippen LogP contribution is -1.88. The number of hydrogen-bond acceptors (Lipinski definition) is 5. The van der Waals surface area contributed by atoms with Crippen LogP contribution in [0.3, 0.4) is 0 Å². The van der Waals surface area contributed by atoms with Crippen molar-refractivity contribution in [2.24, 2.45) is 0 Å². The molecule has 0 bridgehead atoms. The van der Waals surface area contributed by atoms with Gasteiger partial charge in [-0.3, -0.25) is 10.1 Å². The van der Waals surface area contributed by atoms with Crippen LogP contribution in [-0.4, -0.2) is 10.1 Å². The van der Waals surface area contributed by atoms with E-state index < -0.39 is 4.92 Å². The minimum Gasteiger partial charge on any atom is -0.367 e. The van der Waals surface area contributed by atoms with Crippen molar-refractivity contribution in [3.05, 3.63) is 28.3 Å². The van der Waals surface area contributed by atoms with E-state index in [0.717, 1.165) is 0 Å². The molecule has 2 N–H and O–H groups in total. The zero-order valence-electron chi connectivity index (χ0n) is 6.43. The summed E-state index contributed by atoms with van der Waals surface area (Å²) in [6.45, 7) is 0. The molecule has 1 aromatic carbocycles. The largest absolute Gasteiger partial charge is 0.367 e. The van der Waals surface area contributed by atoms with Gasteiger partial charge in [-0.2, -0.15) is 0 Å². The van der Waals surface area contributed by atoms with Crippen molar-refractivity contribution in [3.8, 4) is 0 Å². The molecule has 0 saturated heterocycles. The highest BCUT2D eigenvalue weighted by atomic mass is 16.6. The van der Waals surface area contributed by atoms with Crippen LogP contribution in [0.4, 0.5) is 11.6 Å². The Morgan fingerprint density at radius 3 is 3.00 bits per heavy atom. The number of non-ortho nitro benzene ring substituents is 1. The maximum absolute atomic E-state index is 10.5. The normalized spacial score (nSPS) is 10.5. The van der Waals surface area contributed by atoms with E-state index in [9.17, 15) is 10.1 Å². The first-order valence-corrected chi connectivity index (χ1v) is 3.48. The van der Waals surface area contributed by atoms with E-state index in [-0.39, 0.29) is 17.1 Å². The molecule has 6 heteroatoms. The molecule has 0 radical (unpaired) electrons. The predicted molar refractivity (Wildman–Crippen MR) is 45.1 cm³/mol. The van der Waals surface area contributed by atoms with Gasteiger partial charge in [-0.1, -0.05) is 11.2 Å². The highest BCUT2D eigenvalue weighted by Crippen LogP contribution is 2.27. The summed E-state index contributed by atoms with van der Waals surface area (Å²) in [6, 6.07) is 4.51. The number of nitrogens with two attached hydrogens (primary N) is 1. The summed E-state index contributed by atoms with van der Waals surface area (Å²) in [4.78, 5) is 9.98. The molecule has 0 aliphatic heterocycles. The van der Waals surface area contributed by atoms with Crippen molar-refractivity contribution in [3.63, 3.8) is 0 Å². The molecule has 2 aromatic rings. The number of hydrogen-bond donors (Lipinski definition) is 1. The van der Waals surface area contributed by atoms with Crippen LogP contribution in [0.1, 0.15) is 0 Å². The van der Waals surface area contributed by atoms with Crippen molar-refractivity contribution < 1.29 is 9.45 Å². The van der Waals surface area contributed by atoms with Crippen LogP contribution in [0.5, 0.6) is 0 Å². The molecular weight excluding hydrogens is 174 g/mol. The summed E-state index contributed by atoms with van der Waals surface area (Å²) in [5.41, 5.74) is 5.48. The standard InChI is InChI=1S/C7H5N3O3/c8-7-4-2-1-3-5(10(11)12)6(4)9-13-7/h1-3H,8H2. The van der Waals surface area contributed by atoms with Gasteiger partial charge in [-0.25, -0.2) is 0 Å². The molecular formula is C7H5N3O3. The van der Waals surface area contributed by atoms with Gasteiger partial charge in [0.15, 0.2) is 5.52 Å². The Balaban J connectivity index is 2.84. The lowest BCUT2D eigenvalue weighted by Gasteiger charge is -1.89. The number of rotatable bonds is 1. The smallest absolute Gasteiger partial charge is 0.299 e. The number of benzene rings is 1. The average molecular weight is 179 g/mol. The molecule has 6 nitrogen and oxygen atoms in total. The minimum absolute atomic E-state index is 0.0960. The monoisotopic (exact) mass is 179 g/mol. The molecule has 1 heterocycles. The van der Waals surface area contributed by atoms with Gasteiger partial charge >= 0.3 is 0 Å². The molecule has 66 valence electrons. The molecule has 1 aromatic heterocycles. The Labute approximate surface area is 72.1 Å². The molecule has 0 aliphatic rings. The van der Waals surface area contributed by atoms with Crippen LogP contribution in [0.2, 0.25) is 0 Å². The van der Waals surface area contributed by atoms with Crippen molar-refractivity contribution in [2.75, 3.05) is 5.73 Å². The Morgan fingerprint density at radius 1 is 1.54 bits per heavy atom. The quantitative estimate of drug-likeness (QED) is 0.526. The molecule has 0 amide bonds. The van der Waals surface area contributed by atoms with Crippen molar-refractivity contribution in [2.45, 2.75) is 0 Å². The van der Waals surface area contributed by atoms with Gasteiger partial charge in [0.2, 0.25) is 5.88 Å². The molecule has 0 unspecified atom stereocenters. The highest BCUT2D eigenvalue weighted by molar-refractivity contribution is 5.93. The molecule has 2 rings (SSSR count). The summed E-state index contributed by atoms with van der Waals surface area (Å²) in [5.74, 6) is 0.0960. The number of nitrogens with zero attached hydrogens (tertiary/aromatic N) is 2. The molecule has 0 atom stereocenters. The molecule has 0 saturated carbocycles. The maximum atomic E-state index is 10.5. The minimum atomic E-state index is -0.524. The summed E-state index contributed by atoms with van der Waals surface area (Å²) >= 11 is 0. The first kappa shape index (κ1) is 7.53. The van der Waals surface area contributed by atoms with E-state index in [1.807, 2.05) is 0 Å². The second-order valence-corrected chi connectivity index (χ2v) is 2.48. The van der Waals surface area contributed by atoms with E-state index in [1.165, 1.54) is 12.1 Å². The van der Waals surface area contributed by atoms with E-state index in [1.54, 1.807) is 6.07 Å². The number of nitro groups is 1. The Hall–Kier alpha value is -2.11. The number of aromatic nitrogens is 1. The van der Waals surface area contributed by atoms with Crippen LogP contribution >= 0.6 is 0 Å². The van der Waals surface area contributed by atoms with E-state index in [2.05, 4.69) is 9.68 Å². The van der Waals surface area contributed by atoms with Crippen molar-refractivity contribution in [1.82, 2.24) is 5.16 Å². The van der Waals surface area contributed by atoms with Gasteiger partial charge < -0.3 is 10.3 Å². The summed E-state index contributed by atoms with van der Waals surface area (Å²) in [6.07, 6.45) is 0. The topological polar surface area (TPSA) is 95.2 Å². The Kier molecular flexibility index (Phi) is 1.42. The third-order valence-corrected chi connectivity index (χ3v) is 1.71. The average Bonchev–Trinajstić information content (AvgIpc) is 2.48. The van der Waals surface area contributed by atoms with E-state index >= 15 is 0 Å². The lowest BCUT2D eigenvalue weighted by atomic mass is 10.2. The van der Waals surface area contributed by atoms with Crippen LogP contribution in [0, 0.1) is 10.1 Å². The van der Waals surface area contributed by atoms with Gasteiger partial charge in [0.25, 0.3) is 5.69 Å². The SMILES string of the molecule is Nc1onc2c([N+](=O)[O-])cccc12. The lowest BCUT2D eigenvalue weighted by molar-refractivity contribution is -0.383. The van der Waals surface area contributed by atoms with Crippen LogP contribution in [0.15, 0.2) is 22.7 Å². The van der Waals surface area contributed by atoms with Crippen molar-refractivity contribution in [1.29, 1.82) is 0 Å². The fraction of sp³-hybridized carbons (Fsp3) is 0. The highest BCUT2D eigenvalue weighted by Gasteiger charge is 2.16. The molecule has 13 heavy (non-hydrogen) atoms. The third-order valence-electron chi connectivity index (χ3n) is 1.71. The number of anilines is 1. The van der Waals surface area contributed by atoms with Crippen LogP contribution in [-0.2, 0) is 0 Å². The number of fused-ring (bicyclic) bond motifs is 1. The Morgan fingerprint density at radius 2 is 2.31 bits per heavy atom. The third kappa shape index (κ3) is 0.994. The molecule has 0 aliphatic carbocycles. The van der Waals surface area contributed by atoms with E-state index in [4.69, 9.17) is 5.73 Å².